The molecule has 0 bridgehead atoms. The zero-order valence-electron chi connectivity index (χ0n) is 10.3. The molecule has 0 aliphatic rings. The zero-order valence-corrected chi connectivity index (χ0v) is 11.2. The molecule has 0 amide bonds. The van der Waals surface area contributed by atoms with Gasteiger partial charge in [0.05, 0.1) is 6.54 Å². The van der Waals surface area contributed by atoms with Crippen LogP contribution in [0.15, 0.2) is 0 Å². The number of unbranched alkanes of at least 4 members (excludes halogenated alkanes) is 6. The molecular weight excluding hydrogens is 228 g/mol. The molecule has 0 saturated heterocycles. The summed E-state index contributed by atoms with van der Waals surface area (Å²) in [6.45, 7) is 0.697. The minimum atomic E-state index is -2.20. The van der Waals surface area contributed by atoms with E-state index in [1.807, 2.05) is 0 Å². The summed E-state index contributed by atoms with van der Waals surface area (Å²) in [7, 11) is 1.76. The predicted octanol–water partition coefficient (Wildman–Crippen LogP) is 3.84. The van der Waals surface area contributed by atoms with E-state index in [-0.39, 0.29) is 6.54 Å². The molecule has 4 heteroatoms. The standard InChI is InChI=1S/C12H25F2NS/c1-15(11-12(13)14)9-7-5-3-2-4-6-8-10-16/h12,16H,2-11H2,1H3. The monoisotopic (exact) mass is 253 g/mol. The summed E-state index contributed by atoms with van der Waals surface area (Å²) in [4.78, 5) is 1.71. The molecule has 0 radical (unpaired) electrons. The van der Waals surface area contributed by atoms with Crippen molar-refractivity contribution in [3.63, 3.8) is 0 Å². The van der Waals surface area contributed by atoms with Crippen LogP contribution in [-0.2, 0) is 0 Å². The van der Waals surface area contributed by atoms with Crippen LogP contribution < -0.4 is 0 Å². The van der Waals surface area contributed by atoms with Crippen molar-refractivity contribution < 1.29 is 8.78 Å². The van der Waals surface area contributed by atoms with Gasteiger partial charge in [-0.1, -0.05) is 32.1 Å². The van der Waals surface area contributed by atoms with Crippen LogP contribution in [0.5, 0.6) is 0 Å². The first-order valence-corrected chi connectivity index (χ1v) is 6.87. The number of rotatable bonds is 11. The van der Waals surface area contributed by atoms with Crippen LogP contribution in [-0.4, -0.2) is 37.2 Å². The average Bonchev–Trinajstić information content (AvgIpc) is 2.21. The number of hydrogen-bond donors (Lipinski definition) is 1. The highest BCUT2D eigenvalue weighted by Crippen LogP contribution is 2.08. The molecule has 0 fully saturated rings. The number of hydrogen-bond acceptors (Lipinski definition) is 2. The lowest BCUT2D eigenvalue weighted by Gasteiger charge is -2.15. The summed E-state index contributed by atoms with van der Waals surface area (Å²) in [5, 5.41) is 0. The molecule has 0 aliphatic heterocycles. The third-order valence-corrected chi connectivity index (χ3v) is 2.96. The largest absolute Gasteiger partial charge is 0.301 e. The van der Waals surface area contributed by atoms with Gasteiger partial charge in [-0.3, -0.25) is 0 Å². The van der Waals surface area contributed by atoms with Crippen LogP contribution in [0.25, 0.3) is 0 Å². The first-order chi connectivity index (χ1) is 7.66. The molecule has 0 unspecified atom stereocenters. The van der Waals surface area contributed by atoms with E-state index in [1.165, 1.54) is 32.1 Å². The second-order valence-corrected chi connectivity index (χ2v) is 4.80. The molecule has 0 N–H and O–H groups in total. The molecule has 0 atom stereocenters. The predicted molar refractivity (Wildman–Crippen MR) is 69.7 cm³/mol. The zero-order chi connectivity index (χ0) is 12.2. The van der Waals surface area contributed by atoms with E-state index in [4.69, 9.17) is 0 Å². The topological polar surface area (TPSA) is 3.24 Å². The first kappa shape index (κ1) is 16.2. The first-order valence-electron chi connectivity index (χ1n) is 6.24. The molecule has 0 saturated carbocycles. The van der Waals surface area contributed by atoms with E-state index in [1.54, 1.807) is 11.9 Å². The second-order valence-electron chi connectivity index (χ2n) is 4.35. The lowest BCUT2D eigenvalue weighted by Crippen LogP contribution is -2.25. The van der Waals surface area contributed by atoms with Crippen molar-refractivity contribution in [2.45, 2.75) is 51.4 Å². The molecule has 0 aromatic heterocycles. The summed E-state index contributed by atoms with van der Waals surface area (Å²) in [5.74, 6) is 0.985. The van der Waals surface area contributed by atoms with E-state index in [2.05, 4.69) is 12.6 Å². The van der Waals surface area contributed by atoms with Gasteiger partial charge in [-0.25, -0.2) is 8.78 Å². The van der Waals surface area contributed by atoms with Gasteiger partial charge in [0.25, 0.3) is 6.43 Å². The fourth-order valence-corrected chi connectivity index (χ4v) is 1.93. The molecule has 0 rings (SSSR count). The van der Waals surface area contributed by atoms with Gasteiger partial charge in [-0.2, -0.15) is 12.6 Å². The van der Waals surface area contributed by atoms with E-state index in [0.29, 0.717) is 0 Å². The van der Waals surface area contributed by atoms with Gasteiger partial charge in [0.15, 0.2) is 0 Å². The number of thiol groups is 1. The molecule has 0 aromatic rings. The van der Waals surface area contributed by atoms with Crippen LogP contribution in [0.4, 0.5) is 8.78 Å². The van der Waals surface area contributed by atoms with Crippen LogP contribution >= 0.6 is 12.6 Å². The minimum Gasteiger partial charge on any atom is -0.301 e. The van der Waals surface area contributed by atoms with Gasteiger partial charge >= 0.3 is 0 Å². The summed E-state index contributed by atoms with van der Waals surface area (Å²) >= 11 is 4.16. The summed E-state index contributed by atoms with van der Waals surface area (Å²) in [6, 6.07) is 0. The third kappa shape index (κ3) is 12.2. The number of nitrogens with zero attached hydrogens (tertiary/aromatic N) is 1. The van der Waals surface area contributed by atoms with E-state index in [0.717, 1.165) is 25.1 Å². The van der Waals surface area contributed by atoms with Gasteiger partial charge in [-0.15, -0.1) is 0 Å². The Balaban J connectivity index is 3.08. The quantitative estimate of drug-likeness (QED) is 0.432. The molecule has 16 heavy (non-hydrogen) atoms. The van der Waals surface area contributed by atoms with E-state index < -0.39 is 6.43 Å². The normalized spacial score (nSPS) is 11.6. The Morgan fingerprint density at radius 1 is 0.938 bits per heavy atom. The minimum absolute atomic E-state index is 0.0953. The summed E-state index contributed by atoms with van der Waals surface area (Å²) in [6.07, 6.45) is 6.26. The lowest BCUT2D eigenvalue weighted by atomic mass is 10.1. The maximum Gasteiger partial charge on any atom is 0.251 e. The third-order valence-electron chi connectivity index (χ3n) is 2.65. The fourth-order valence-electron chi connectivity index (χ4n) is 1.70. The maximum absolute atomic E-state index is 12.0. The average molecular weight is 253 g/mol. The van der Waals surface area contributed by atoms with Gasteiger partial charge in [0.1, 0.15) is 0 Å². The molecule has 0 heterocycles. The summed E-state index contributed by atoms with van der Waals surface area (Å²) < 4.78 is 24.0. The Morgan fingerprint density at radius 3 is 1.94 bits per heavy atom. The van der Waals surface area contributed by atoms with Gasteiger partial charge in [-0.05, 0) is 32.2 Å². The van der Waals surface area contributed by atoms with Crippen molar-refractivity contribution in [3.05, 3.63) is 0 Å². The van der Waals surface area contributed by atoms with Gasteiger partial charge in [0.2, 0.25) is 0 Å². The van der Waals surface area contributed by atoms with Crippen molar-refractivity contribution in [1.29, 1.82) is 0 Å². The smallest absolute Gasteiger partial charge is 0.251 e. The Bertz CT molecular complexity index is 145. The molecular formula is C12H25F2NS. The second kappa shape index (κ2) is 11.6. The number of halogens is 2. The van der Waals surface area contributed by atoms with Crippen molar-refractivity contribution in [1.82, 2.24) is 4.90 Å². The van der Waals surface area contributed by atoms with Crippen LogP contribution in [0.2, 0.25) is 0 Å². The van der Waals surface area contributed by atoms with Crippen molar-refractivity contribution in [2.24, 2.45) is 0 Å². The van der Waals surface area contributed by atoms with Gasteiger partial charge < -0.3 is 4.90 Å². The van der Waals surface area contributed by atoms with Crippen LogP contribution in [0.3, 0.4) is 0 Å². The molecule has 0 spiro atoms. The van der Waals surface area contributed by atoms with Crippen molar-refractivity contribution in [3.8, 4) is 0 Å². The number of alkyl halides is 2. The lowest BCUT2D eigenvalue weighted by molar-refractivity contribution is 0.0995. The van der Waals surface area contributed by atoms with Crippen LogP contribution in [0, 0.1) is 0 Å². The molecule has 1 nitrogen and oxygen atoms in total. The molecule has 0 aromatic carbocycles. The maximum atomic E-state index is 12.0. The molecule has 98 valence electrons. The van der Waals surface area contributed by atoms with Crippen LogP contribution in [0.1, 0.15) is 44.9 Å². The van der Waals surface area contributed by atoms with Gasteiger partial charge in [0, 0.05) is 0 Å². The van der Waals surface area contributed by atoms with Crippen molar-refractivity contribution >= 4 is 12.6 Å². The Hall–Kier alpha value is 0.170. The molecule has 0 aliphatic carbocycles. The highest BCUT2D eigenvalue weighted by molar-refractivity contribution is 7.80. The Labute approximate surface area is 104 Å². The Morgan fingerprint density at radius 2 is 1.44 bits per heavy atom. The van der Waals surface area contributed by atoms with E-state index >= 15 is 0 Å². The van der Waals surface area contributed by atoms with Crippen molar-refractivity contribution in [2.75, 3.05) is 25.9 Å². The SMILES string of the molecule is CN(CCCCCCCCCS)CC(F)F. The highest BCUT2D eigenvalue weighted by Gasteiger charge is 2.06. The fraction of sp³-hybridized carbons (Fsp3) is 1.00. The summed E-state index contributed by atoms with van der Waals surface area (Å²) in [5.41, 5.74) is 0. The van der Waals surface area contributed by atoms with E-state index in [9.17, 15) is 8.78 Å². The highest BCUT2D eigenvalue weighted by atomic mass is 32.1. The Kier molecular flexibility index (Phi) is 11.8.